The van der Waals surface area contributed by atoms with Crippen LogP contribution >= 0.6 is 0 Å². The van der Waals surface area contributed by atoms with Gasteiger partial charge in [0.15, 0.2) is 0 Å². The molecule has 0 amide bonds. The average Bonchev–Trinajstić information content (AvgIpc) is 2.23. The van der Waals surface area contributed by atoms with Gasteiger partial charge in [-0.15, -0.1) is 10.1 Å². The van der Waals surface area contributed by atoms with Crippen molar-refractivity contribution in [1.82, 2.24) is 10.1 Å². The van der Waals surface area contributed by atoms with Gasteiger partial charge in [-0.2, -0.15) is 0 Å². The first kappa shape index (κ1) is 16.3. The summed E-state index contributed by atoms with van der Waals surface area (Å²) in [4.78, 5) is 32.5. The fourth-order valence-electron chi connectivity index (χ4n) is 0.862. The number of hydrogen-bond donors (Lipinski definition) is 0. The van der Waals surface area contributed by atoms with Crippen molar-refractivity contribution < 1.29 is 19.3 Å². The Morgan fingerprint density at radius 1 is 0.778 bits per heavy atom. The number of hydrogen-bond acceptors (Lipinski definition) is 6. The van der Waals surface area contributed by atoms with Crippen molar-refractivity contribution in [2.75, 3.05) is 28.2 Å². The standard InChI is InChI=1S/C12H20N2O4/c1-9(11(15)17-13(3)4)7-8-10(2)12(16)18-14(5)6/h7-8H,1-6H3/b9-7+,10-8+. The second-order valence-corrected chi connectivity index (χ2v) is 4.08. The van der Waals surface area contributed by atoms with Gasteiger partial charge in [0.05, 0.1) is 0 Å². The molecule has 0 saturated carbocycles. The lowest BCUT2D eigenvalue weighted by Gasteiger charge is -2.10. The first-order valence-corrected chi connectivity index (χ1v) is 5.38. The molecule has 0 aromatic heterocycles. The molecule has 0 heterocycles. The largest absolute Gasteiger partial charge is 0.365 e. The summed E-state index contributed by atoms with van der Waals surface area (Å²) in [6, 6.07) is 0. The normalized spacial score (nSPS) is 12.9. The summed E-state index contributed by atoms with van der Waals surface area (Å²) in [5.41, 5.74) is 0.779. The quantitative estimate of drug-likeness (QED) is 0.414. The zero-order chi connectivity index (χ0) is 14.3. The molecule has 0 spiro atoms. The molecule has 6 heteroatoms. The highest BCUT2D eigenvalue weighted by Gasteiger charge is 2.09. The van der Waals surface area contributed by atoms with E-state index in [9.17, 15) is 9.59 Å². The SMILES string of the molecule is C/C(=C\C=C(/C)C(=O)ON(C)C)C(=O)ON(C)C. The Morgan fingerprint density at radius 3 is 1.28 bits per heavy atom. The summed E-state index contributed by atoms with van der Waals surface area (Å²) in [5.74, 6) is -0.935. The first-order chi connectivity index (χ1) is 8.23. The summed E-state index contributed by atoms with van der Waals surface area (Å²) in [5, 5.41) is 2.60. The zero-order valence-electron chi connectivity index (χ0n) is 11.7. The van der Waals surface area contributed by atoms with Gasteiger partial charge in [-0.3, -0.25) is 0 Å². The van der Waals surface area contributed by atoms with Crippen molar-refractivity contribution in [3.63, 3.8) is 0 Å². The van der Waals surface area contributed by atoms with Crippen molar-refractivity contribution in [2.45, 2.75) is 13.8 Å². The summed E-state index contributed by atoms with van der Waals surface area (Å²) in [6.45, 7) is 3.21. The molecule has 0 aliphatic heterocycles. The molecule has 0 atom stereocenters. The van der Waals surface area contributed by atoms with Crippen molar-refractivity contribution in [1.29, 1.82) is 0 Å². The minimum absolute atomic E-state index is 0.390. The molecular weight excluding hydrogens is 236 g/mol. The molecule has 0 bridgehead atoms. The third-order valence-corrected chi connectivity index (χ3v) is 1.76. The molecule has 0 aromatic carbocycles. The number of rotatable bonds is 5. The molecule has 0 aliphatic carbocycles. The monoisotopic (exact) mass is 256 g/mol. The van der Waals surface area contributed by atoms with Crippen molar-refractivity contribution >= 4 is 11.9 Å². The van der Waals surface area contributed by atoms with Crippen LogP contribution < -0.4 is 0 Å². The van der Waals surface area contributed by atoms with Crippen LogP contribution in [0.3, 0.4) is 0 Å². The Bertz CT molecular complexity index is 334. The van der Waals surface area contributed by atoms with E-state index in [-0.39, 0.29) is 0 Å². The average molecular weight is 256 g/mol. The summed E-state index contributed by atoms with van der Waals surface area (Å²) < 4.78 is 0. The molecule has 0 unspecified atom stereocenters. The van der Waals surface area contributed by atoms with E-state index in [0.717, 1.165) is 0 Å². The van der Waals surface area contributed by atoms with E-state index in [1.165, 1.54) is 22.3 Å². The molecule has 0 N–H and O–H groups in total. The van der Waals surface area contributed by atoms with Crippen LogP contribution in [-0.2, 0) is 19.3 Å². The second-order valence-electron chi connectivity index (χ2n) is 4.08. The van der Waals surface area contributed by atoms with E-state index in [4.69, 9.17) is 9.68 Å². The summed E-state index contributed by atoms with van der Waals surface area (Å²) in [6.07, 6.45) is 3.02. The molecule has 0 fully saturated rings. The molecule has 6 nitrogen and oxygen atoms in total. The van der Waals surface area contributed by atoms with Crippen LogP contribution in [0.15, 0.2) is 23.3 Å². The predicted molar refractivity (Wildman–Crippen MR) is 67.1 cm³/mol. The molecule has 0 saturated heterocycles. The minimum atomic E-state index is -0.468. The molecule has 102 valence electrons. The summed E-state index contributed by atoms with van der Waals surface area (Å²) >= 11 is 0. The lowest BCUT2D eigenvalue weighted by molar-refractivity contribution is -0.173. The van der Waals surface area contributed by atoms with Gasteiger partial charge >= 0.3 is 11.9 Å². The van der Waals surface area contributed by atoms with Gasteiger partial charge in [-0.25, -0.2) is 9.59 Å². The van der Waals surface area contributed by atoms with Crippen LogP contribution in [0, 0.1) is 0 Å². The lowest BCUT2D eigenvalue weighted by atomic mass is 10.2. The van der Waals surface area contributed by atoms with Crippen LogP contribution in [0.5, 0.6) is 0 Å². The van der Waals surface area contributed by atoms with Gasteiger partial charge < -0.3 is 9.68 Å². The van der Waals surface area contributed by atoms with Gasteiger partial charge in [0.1, 0.15) is 0 Å². The smallest absolute Gasteiger partial charge is 0.352 e. The number of allylic oxidation sites excluding steroid dienone is 2. The topological polar surface area (TPSA) is 59.1 Å². The van der Waals surface area contributed by atoms with E-state index < -0.39 is 11.9 Å². The molecule has 0 aliphatic rings. The predicted octanol–water partition coefficient (Wildman–Crippen LogP) is 0.919. The Kier molecular flexibility index (Phi) is 6.92. The van der Waals surface area contributed by atoms with Crippen LogP contribution in [0.2, 0.25) is 0 Å². The van der Waals surface area contributed by atoms with Crippen LogP contribution in [0.4, 0.5) is 0 Å². The molecule has 0 aromatic rings. The van der Waals surface area contributed by atoms with Crippen molar-refractivity contribution in [2.24, 2.45) is 0 Å². The van der Waals surface area contributed by atoms with Gasteiger partial charge in [0.2, 0.25) is 0 Å². The zero-order valence-corrected chi connectivity index (χ0v) is 11.7. The Labute approximate surface area is 107 Å². The van der Waals surface area contributed by atoms with Crippen molar-refractivity contribution in [3.05, 3.63) is 23.3 Å². The first-order valence-electron chi connectivity index (χ1n) is 5.38. The highest BCUT2D eigenvalue weighted by atomic mass is 16.7. The molecule has 0 rings (SSSR count). The number of hydroxylamine groups is 4. The number of nitrogens with zero attached hydrogens (tertiary/aromatic N) is 2. The molecule has 0 radical (unpaired) electrons. The fraction of sp³-hybridized carbons (Fsp3) is 0.500. The Morgan fingerprint density at radius 2 is 1.06 bits per heavy atom. The third kappa shape index (κ3) is 6.82. The lowest BCUT2D eigenvalue weighted by Crippen LogP contribution is -2.19. The van der Waals surface area contributed by atoms with E-state index in [2.05, 4.69) is 0 Å². The van der Waals surface area contributed by atoms with Crippen LogP contribution in [0.1, 0.15) is 13.8 Å². The highest BCUT2D eigenvalue weighted by molar-refractivity contribution is 5.90. The summed E-state index contributed by atoms with van der Waals surface area (Å²) in [7, 11) is 6.45. The van der Waals surface area contributed by atoms with E-state index in [1.54, 1.807) is 42.0 Å². The minimum Gasteiger partial charge on any atom is -0.365 e. The molecular formula is C12H20N2O4. The van der Waals surface area contributed by atoms with Gasteiger partial charge in [-0.05, 0) is 13.8 Å². The maximum Gasteiger partial charge on any atom is 0.352 e. The van der Waals surface area contributed by atoms with E-state index in [0.29, 0.717) is 11.1 Å². The van der Waals surface area contributed by atoms with E-state index >= 15 is 0 Å². The van der Waals surface area contributed by atoms with Crippen LogP contribution in [0.25, 0.3) is 0 Å². The van der Waals surface area contributed by atoms with Gasteiger partial charge in [0, 0.05) is 39.3 Å². The maximum absolute atomic E-state index is 11.4. The Hall–Kier alpha value is -1.66. The second kappa shape index (κ2) is 7.62. The van der Waals surface area contributed by atoms with Crippen molar-refractivity contribution in [3.8, 4) is 0 Å². The van der Waals surface area contributed by atoms with Crippen LogP contribution in [-0.4, -0.2) is 50.3 Å². The van der Waals surface area contributed by atoms with Gasteiger partial charge in [0.25, 0.3) is 0 Å². The molecule has 18 heavy (non-hydrogen) atoms. The number of carbonyl (C=O) groups is 2. The third-order valence-electron chi connectivity index (χ3n) is 1.76. The van der Waals surface area contributed by atoms with E-state index in [1.807, 2.05) is 0 Å². The number of carbonyl (C=O) groups excluding carboxylic acids is 2. The fourth-order valence-corrected chi connectivity index (χ4v) is 0.862. The maximum atomic E-state index is 11.4. The Balaban J connectivity index is 4.59. The highest BCUT2D eigenvalue weighted by Crippen LogP contribution is 2.03. The van der Waals surface area contributed by atoms with Gasteiger partial charge in [-0.1, -0.05) is 12.2 Å².